The maximum Gasteiger partial charge on any atom is 0.322 e. The second-order valence-electron chi connectivity index (χ2n) is 10.6. The number of carbonyl (C=O) groups excluding carboxylic acids is 1. The molecule has 3 aromatic carbocycles. The van der Waals surface area contributed by atoms with Gasteiger partial charge >= 0.3 is 6.03 Å². The van der Waals surface area contributed by atoms with Crippen molar-refractivity contribution in [3.63, 3.8) is 0 Å². The lowest BCUT2D eigenvalue weighted by molar-refractivity contribution is 0.188. The second-order valence-corrected chi connectivity index (χ2v) is 12.4. The number of piperidine rings is 1. The lowest BCUT2D eigenvalue weighted by Crippen LogP contribution is -2.49. The number of nitrogens with one attached hydrogen (secondary N) is 2. The molecule has 234 valence electrons. The monoisotopic (exact) mass is 636 g/mol. The molecule has 0 aromatic heterocycles. The normalized spacial score (nSPS) is 14.0. The first-order valence-corrected chi connectivity index (χ1v) is 16.0. The van der Waals surface area contributed by atoms with Crippen LogP contribution >= 0.6 is 12.4 Å². The maximum atomic E-state index is 14.4. The molecule has 0 spiro atoms. The largest absolute Gasteiger partial charge is 0.489 e. The average Bonchev–Trinajstić information content (AvgIpc) is 2.95. The Labute approximate surface area is 258 Å². The highest BCUT2D eigenvalue weighted by molar-refractivity contribution is 7.92. The Bertz CT molecular complexity index is 1440. The molecule has 43 heavy (non-hydrogen) atoms. The third-order valence-electron chi connectivity index (χ3n) is 7.09. The summed E-state index contributed by atoms with van der Waals surface area (Å²) in [5.41, 5.74) is 2.77. The fourth-order valence-electron chi connectivity index (χ4n) is 4.83. The van der Waals surface area contributed by atoms with Gasteiger partial charge in [-0.1, -0.05) is 37.6 Å². The van der Waals surface area contributed by atoms with Crippen LogP contribution in [0.1, 0.15) is 43.7 Å². The summed E-state index contributed by atoms with van der Waals surface area (Å²) in [5, 5.41) is 3.06. The predicted octanol–water partition coefficient (Wildman–Crippen LogP) is 6.32. The highest BCUT2D eigenvalue weighted by Crippen LogP contribution is 2.23. The first kappa shape index (κ1) is 34.1. The second kappa shape index (κ2) is 15.9. The molecule has 12 heteroatoms. The van der Waals surface area contributed by atoms with Crippen molar-refractivity contribution in [3.8, 4) is 5.75 Å². The highest BCUT2D eigenvalue weighted by Gasteiger charge is 2.25. The molecule has 0 unspecified atom stereocenters. The quantitative estimate of drug-likeness (QED) is 0.243. The maximum absolute atomic E-state index is 14.4. The number of ether oxygens (including phenoxy) is 1. The van der Waals surface area contributed by atoms with Gasteiger partial charge in [-0.15, -0.1) is 12.4 Å². The Morgan fingerprint density at radius 1 is 1.00 bits per heavy atom. The van der Waals surface area contributed by atoms with Crippen LogP contribution in [0.3, 0.4) is 0 Å². The van der Waals surface area contributed by atoms with Gasteiger partial charge in [-0.2, -0.15) is 0 Å². The minimum Gasteiger partial charge on any atom is -0.489 e. The van der Waals surface area contributed by atoms with Crippen LogP contribution in [0.15, 0.2) is 66.7 Å². The summed E-state index contributed by atoms with van der Waals surface area (Å²) in [4.78, 5) is 16.8. The Hall–Kier alpha value is -3.41. The number of halogens is 3. The standard InChI is InChI=1S/C31H38F2N4O4S.ClH/c1-3-4-17-37(30-14-9-25(32)20-29(30)33)31(38)34-26-15-18-36(19-16-26)21-23-5-7-24(8-6-23)22-41-28-12-10-27(11-13-28)35-42(2,39)40;/h5-14,20,26,35H,3-4,15-19,21-22H2,1-2H3,(H,34,38);1H. The summed E-state index contributed by atoms with van der Waals surface area (Å²) in [6.07, 6.45) is 4.23. The molecule has 3 aromatic rings. The van der Waals surface area contributed by atoms with Crippen molar-refractivity contribution >= 4 is 39.8 Å². The SMILES string of the molecule is CCCCN(C(=O)NC1CCN(Cc2ccc(COc3ccc(NS(C)(=O)=O)cc3)cc2)CC1)c1ccc(F)cc1F.Cl. The van der Waals surface area contributed by atoms with Crippen LogP contribution in [0.5, 0.6) is 5.75 Å². The van der Waals surface area contributed by atoms with Crippen LogP contribution in [0.2, 0.25) is 0 Å². The number of rotatable bonds is 12. The van der Waals surface area contributed by atoms with E-state index in [0.717, 1.165) is 56.8 Å². The number of carbonyl (C=O) groups is 1. The van der Waals surface area contributed by atoms with E-state index < -0.39 is 21.7 Å². The van der Waals surface area contributed by atoms with Crippen LogP contribution < -0.4 is 19.7 Å². The Balaban J connectivity index is 0.00000506. The van der Waals surface area contributed by atoms with Crippen molar-refractivity contribution in [2.45, 2.75) is 51.8 Å². The minimum absolute atomic E-state index is 0. The Morgan fingerprint density at radius 2 is 1.65 bits per heavy atom. The summed E-state index contributed by atoms with van der Waals surface area (Å²) in [6.45, 7) is 5.18. The topological polar surface area (TPSA) is 91.0 Å². The molecule has 0 radical (unpaired) electrons. The number of amides is 2. The zero-order valence-corrected chi connectivity index (χ0v) is 26.0. The molecule has 2 amide bonds. The number of urea groups is 1. The molecule has 1 saturated heterocycles. The fraction of sp³-hybridized carbons (Fsp3) is 0.387. The number of likely N-dealkylation sites (tertiary alicyclic amines) is 1. The molecule has 0 saturated carbocycles. The molecule has 8 nitrogen and oxygen atoms in total. The lowest BCUT2D eigenvalue weighted by atomic mass is 10.0. The van der Waals surface area contributed by atoms with E-state index in [0.29, 0.717) is 31.0 Å². The number of sulfonamides is 1. The zero-order valence-electron chi connectivity index (χ0n) is 24.4. The molecule has 0 atom stereocenters. The third-order valence-corrected chi connectivity index (χ3v) is 7.69. The molecule has 4 rings (SSSR count). The lowest BCUT2D eigenvalue weighted by Gasteiger charge is -2.34. The van der Waals surface area contributed by atoms with Gasteiger partial charge in [0.2, 0.25) is 10.0 Å². The average molecular weight is 637 g/mol. The molecule has 0 aliphatic carbocycles. The number of nitrogens with zero attached hydrogens (tertiary/aromatic N) is 2. The molecule has 1 fully saturated rings. The van der Waals surface area contributed by atoms with Gasteiger partial charge < -0.3 is 10.1 Å². The molecule has 1 aliphatic rings. The van der Waals surface area contributed by atoms with Crippen LogP contribution in [0, 0.1) is 11.6 Å². The number of unbranched alkanes of at least 4 members (excludes halogenated alkanes) is 1. The number of anilines is 2. The summed E-state index contributed by atoms with van der Waals surface area (Å²) in [7, 11) is -3.32. The van der Waals surface area contributed by atoms with E-state index in [1.807, 2.05) is 19.1 Å². The first-order valence-electron chi connectivity index (χ1n) is 14.1. The van der Waals surface area contributed by atoms with Gasteiger partial charge in [0, 0.05) is 44.0 Å². The van der Waals surface area contributed by atoms with Crippen LogP contribution in [0.25, 0.3) is 0 Å². The smallest absolute Gasteiger partial charge is 0.322 e. The van der Waals surface area contributed by atoms with Crippen LogP contribution in [-0.2, 0) is 23.2 Å². The minimum atomic E-state index is -3.32. The number of hydrogen-bond acceptors (Lipinski definition) is 5. The molecule has 1 heterocycles. The van der Waals surface area contributed by atoms with E-state index >= 15 is 0 Å². The zero-order chi connectivity index (χ0) is 30.1. The van der Waals surface area contributed by atoms with Crippen molar-refractivity contribution in [2.75, 3.05) is 35.5 Å². The van der Waals surface area contributed by atoms with Gasteiger partial charge in [-0.25, -0.2) is 22.0 Å². The van der Waals surface area contributed by atoms with Crippen molar-refractivity contribution in [1.29, 1.82) is 0 Å². The van der Waals surface area contributed by atoms with Gasteiger partial charge in [-0.3, -0.25) is 14.5 Å². The van der Waals surface area contributed by atoms with Crippen molar-refractivity contribution in [1.82, 2.24) is 10.2 Å². The molecule has 2 N–H and O–H groups in total. The van der Waals surface area contributed by atoms with E-state index in [9.17, 15) is 22.0 Å². The van der Waals surface area contributed by atoms with Crippen molar-refractivity contribution in [2.24, 2.45) is 0 Å². The Kier molecular flexibility index (Phi) is 12.6. The van der Waals surface area contributed by atoms with E-state index in [1.54, 1.807) is 24.3 Å². The molecular weight excluding hydrogens is 598 g/mol. The van der Waals surface area contributed by atoms with E-state index in [1.165, 1.54) is 22.6 Å². The molecule has 0 bridgehead atoms. The summed E-state index contributed by atoms with van der Waals surface area (Å²) in [5.74, 6) is -0.771. The predicted molar refractivity (Wildman–Crippen MR) is 168 cm³/mol. The molecule has 1 aliphatic heterocycles. The van der Waals surface area contributed by atoms with Gasteiger partial charge in [0.15, 0.2) is 0 Å². The van der Waals surface area contributed by atoms with Gasteiger partial charge in [0.05, 0.1) is 11.9 Å². The summed E-state index contributed by atoms with van der Waals surface area (Å²) < 4.78 is 58.8. The van der Waals surface area contributed by atoms with Gasteiger partial charge in [0.25, 0.3) is 0 Å². The van der Waals surface area contributed by atoms with Crippen LogP contribution in [-0.4, -0.2) is 51.3 Å². The van der Waals surface area contributed by atoms with Gasteiger partial charge in [0.1, 0.15) is 24.0 Å². The van der Waals surface area contributed by atoms with E-state index in [-0.39, 0.29) is 30.2 Å². The van der Waals surface area contributed by atoms with Crippen molar-refractivity contribution in [3.05, 3.63) is 89.5 Å². The fourth-order valence-corrected chi connectivity index (χ4v) is 5.40. The Morgan fingerprint density at radius 3 is 2.26 bits per heavy atom. The first-order chi connectivity index (χ1) is 20.1. The third kappa shape index (κ3) is 10.7. The van der Waals surface area contributed by atoms with Crippen molar-refractivity contribution < 1.29 is 26.7 Å². The van der Waals surface area contributed by atoms with Crippen LogP contribution in [0.4, 0.5) is 25.0 Å². The summed E-state index contributed by atoms with van der Waals surface area (Å²) in [6, 6.07) is 17.9. The van der Waals surface area contributed by atoms with E-state index in [4.69, 9.17) is 4.74 Å². The summed E-state index contributed by atoms with van der Waals surface area (Å²) >= 11 is 0. The number of hydrogen-bond donors (Lipinski definition) is 2. The number of benzene rings is 3. The molecular formula is C31H39ClF2N4O4S. The van der Waals surface area contributed by atoms with E-state index in [2.05, 4.69) is 27.1 Å². The highest BCUT2D eigenvalue weighted by atomic mass is 35.5. The van der Waals surface area contributed by atoms with Gasteiger partial charge in [-0.05, 0) is 66.8 Å².